The van der Waals surface area contributed by atoms with Crippen LogP contribution in [0, 0.1) is 0 Å². The van der Waals surface area contributed by atoms with Gasteiger partial charge in [0.05, 0.1) is 0 Å². The highest BCUT2D eigenvalue weighted by Crippen LogP contribution is 2.47. The zero-order valence-electron chi connectivity index (χ0n) is 25.9. The highest BCUT2D eigenvalue weighted by atomic mass is 16.3. The van der Waals surface area contributed by atoms with Gasteiger partial charge in [0, 0.05) is 16.3 Å². The molecule has 0 spiro atoms. The molecule has 48 heavy (non-hydrogen) atoms. The maximum absolute atomic E-state index is 6.73. The molecule has 1 aromatic heterocycles. The maximum Gasteiger partial charge on any atom is 0.143 e. The number of hydrogen-bond donors (Lipinski definition) is 0. The Labute approximate surface area is 285 Å². The van der Waals surface area contributed by atoms with Crippen molar-refractivity contribution in [2.45, 2.75) is 0 Å². The van der Waals surface area contributed by atoms with Gasteiger partial charge in [0.25, 0.3) is 0 Å². The fraction of sp³-hybridized carbons (Fsp3) is 0. The minimum absolute atomic E-state index is 0.195. The summed E-state index contributed by atoms with van der Waals surface area (Å²) >= 11 is 0. The Hall–Kier alpha value is -5.34. The van der Waals surface area contributed by atoms with Crippen LogP contribution in [0.1, 0.15) is 0 Å². The molecule has 0 aliphatic carbocycles. The number of para-hydroxylation sites is 1. The first-order chi connectivity index (χ1) is 23.4. The van der Waals surface area contributed by atoms with Gasteiger partial charge in [-0.05, 0) is 72.3 Å². The van der Waals surface area contributed by atoms with E-state index in [0.29, 0.717) is 16.5 Å². The van der Waals surface area contributed by atoms with E-state index in [1.165, 1.54) is 10.8 Å². The molecule has 0 amide bonds. The average Bonchev–Trinajstić information content (AvgIpc) is 3.52. The van der Waals surface area contributed by atoms with E-state index in [-0.39, 0.29) is 16.4 Å². The number of rotatable bonds is 3. The van der Waals surface area contributed by atoms with Crippen molar-refractivity contribution in [1.29, 1.82) is 0 Å². The molecule has 6 heteroatoms. The molecular formula is C42H21B5O. The van der Waals surface area contributed by atoms with E-state index in [1.807, 2.05) is 30.3 Å². The fourth-order valence-corrected chi connectivity index (χ4v) is 7.45. The molecule has 0 fully saturated rings. The lowest BCUT2D eigenvalue weighted by Crippen LogP contribution is -2.55. The van der Waals surface area contributed by atoms with Crippen molar-refractivity contribution in [3.05, 3.63) is 127 Å². The number of furan rings is 1. The molecule has 10 radical (unpaired) electrons. The van der Waals surface area contributed by atoms with Gasteiger partial charge in [-0.2, -0.15) is 0 Å². The largest absolute Gasteiger partial charge is 0.455 e. The molecule has 0 saturated heterocycles. The standard InChI is InChI=1S/C42H21B5O/c43-37-36(38(44)40(46)41(47)39(37)45)35-28-13-5-3-11-26(28)33(27-12-4-6-14-29(27)35)30-16-8-18-32-34(30)31-17-7-15-25(42(31)48-32)24-20-19-22-9-1-2-10-23(22)21-24/h1-21H. The van der Waals surface area contributed by atoms with Crippen LogP contribution in [0.25, 0.3) is 87.6 Å². The average molecular weight is 596 g/mol. The van der Waals surface area contributed by atoms with Gasteiger partial charge in [0.2, 0.25) is 0 Å². The van der Waals surface area contributed by atoms with E-state index >= 15 is 0 Å². The molecule has 8 aromatic carbocycles. The molecule has 0 N–H and O–H groups in total. The molecule has 1 heterocycles. The quantitative estimate of drug-likeness (QED) is 0.180. The van der Waals surface area contributed by atoms with Crippen molar-refractivity contribution in [1.82, 2.24) is 0 Å². The molecule has 9 aromatic rings. The van der Waals surface area contributed by atoms with Gasteiger partial charge >= 0.3 is 0 Å². The summed E-state index contributed by atoms with van der Waals surface area (Å²) in [6.45, 7) is 0. The SMILES string of the molecule is [B]c1c([B])c([B])c(-c2c3ccccc3c(-c3cccc4oc5c(-c6ccc7ccccc7c6)cccc5c34)c3ccccc23)c([B])c1[B]. The second kappa shape index (κ2) is 10.9. The summed E-state index contributed by atoms with van der Waals surface area (Å²) in [6, 6.07) is 44.2. The highest BCUT2D eigenvalue weighted by molar-refractivity contribution is 6.69. The smallest absolute Gasteiger partial charge is 0.143 e. The van der Waals surface area contributed by atoms with Crippen molar-refractivity contribution in [3.63, 3.8) is 0 Å². The van der Waals surface area contributed by atoms with Gasteiger partial charge in [-0.15, -0.1) is 16.4 Å². The lowest BCUT2D eigenvalue weighted by molar-refractivity contribution is 0.670. The van der Waals surface area contributed by atoms with Crippen LogP contribution in [0.5, 0.6) is 0 Å². The van der Waals surface area contributed by atoms with Crippen LogP contribution < -0.4 is 27.3 Å². The Morgan fingerprint density at radius 2 is 0.896 bits per heavy atom. The minimum Gasteiger partial charge on any atom is -0.455 e. The summed E-state index contributed by atoms with van der Waals surface area (Å²) < 4.78 is 6.73. The van der Waals surface area contributed by atoms with Crippen molar-refractivity contribution in [3.8, 4) is 33.4 Å². The first-order valence-electron chi connectivity index (χ1n) is 15.8. The van der Waals surface area contributed by atoms with Gasteiger partial charge in [-0.3, -0.25) is 0 Å². The van der Waals surface area contributed by atoms with E-state index in [1.54, 1.807) is 0 Å². The number of hydrogen-bond acceptors (Lipinski definition) is 1. The van der Waals surface area contributed by atoms with Crippen LogP contribution in [0.3, 0.4) is 0 Å². The molecule has 0 atom stereocenters. The predicted octanol–water partition coefficient (Wildman–Crippen LogP) is 6.02. The summed E-state index contributed by atoms with van der Waals surface area (Å²) in [6.07, 6.45) is 0. The van der Waals surface area contributed by atoms with Crippen LogP contribution in [0.15, 0.2) is 132 Å². The van der Waals surface area contributed by atoms with Gasteiger partial charge in [-0.1, -0.05) is 126 Å². The Morgan fingerprint density at radius 1 is 0.375 bits per heavy atom. The molecule has 0 saturated carbocycles. The molecule has 0 aliphatic heterocycles. The van der Waals surface area contributed by atoms with Crippen LogP contribution in [0.4, 0.5) is 0 Å². The van der Waals surface area contributed by atoms with Gasteiger partial charge in [-0.25, -0.2) is 0 Å². The Kier molecular flexibility index (Phi) is 6.53. The topological polar surface area (TPSA) is 13.1 Å². The third kappa shape index (κ3) is 4.12. The molecule has 210 valence electrons. The Balaban J connectivity index is 1.38. The number of benzene rings is 8. The second-order valence-corrected chi connectivity index (χ2v) is 12.3. The summed E-state index contributed by atoms with van der Waals surface area (Å²) in [5.74, 6) is 0. The van der Waals surface area contributed by atoms with Crippen molar-refractivity contribution < 1.29 is 4.42 Å². The first kappa shape index (κ1) is 28.9. The van der Waals surface area contributed by atoms with Gasteiger partial charge in [0.1, 0.15) is 50.4 Å². The molecular weight excluding hydrogens is 575 g/mol. The van der Waals surface area contributed by atoms with Crippen molar-refractivity contribution >= 4 is 121 Å². The summed E-state index contributed by atoms with van der Waals surface area (Å²) in [5, 5.41) is 8.50. The van der Waals surface area contributed by atoms with Crippen LogP contribution in [-0.2, 0) is 0 Å². The normalized spacial score (nSPS) is 11.8. The summed E-state index contributed by atoms with van der Waals surface area (Å²) in [4.78, 5) is 0. The molecule has 9 rings (SSSR count). The van der Waals surface area contributed by atoms with E-state index in [9.17, 15) is 0 Å². The lowest BCUT2D eigenvalue weighted by atomic mass is 9.59. The zero-order valence-corrected chi connectivity index (χ0v) is 25.9. The van der Waals surface area contributed by atoms with Crippen molar-refractivity contribution in [2.24, 2.45) is 0 Å². The third-order valence-electron chi connectivity index (χ3n) is 9.73. The van der Waals surface area contributed by atoms with E-state index in [4.69, 9.17) is 43.6 Å². The Morgan fingerprint density at radius 3 is 1.56 bits per heavy atom. The number of fused-ring (bicyclic) bond motifs is 6. The van der Waals surface area contributed by atoms with E-state index in [2.05, 4.69) is 97.1 Å². The van der Waals surface area contributed by atoms with Crippen LogP contribution in [0.2, 0.25) is 0 Å². The van der Waals surface area contributed by atoms with Crippen LogP contribution >= 0.6 is 0 Å². The molecule has 1 nitrogen and oxygen atoms in total. The van der Waals surface area contributed by atoms with E-state index in [0.717, 1.165) is 71.3 Å². The van der Waals surface area contributed by atoms with Crippen LogP contribution in [-0.4, -0.2) is 39.2 Å². The molecule has 0 bridgehead atoms. The monoisotopic (exact) mass is 596 g/mol. The lowest BCUT2D eigenvalue weighted by Gasteiger charge is -2.25. The van der Waals surface area contributed by atoms with Crippen molar-refractivity contribution in [2.75, 3.05) is 0 Å². The first-order valence-corrected chi connectivity index (χ1v) is 15.8. The van der Waals surface area contributed by atoms with Gasteiger partial charge < -0.3 is 4.42 Å². The Bertz CT molecular complexity index is 2710. The maximum atomic E-state index is 6.73. The molecule has 0 aliphatic rings. The van der Waals surface area contributed by atoms with Gasteiger partial charge in [0.15, 0.2) is 0 Å². The highest BCUT2D eigenvalue weighted by Gasteiger charge is 2.23. The molecule has 0 unspecified atom stereocenters. The third-order valence-corrected chi connectivity index (χ3v) is 9.73. The fourth-order valence-electron chi connectivity index (χ4n) is 7.45. The summed E-state index contributed by atoms with van der Waals surface area (Å²) in [5.41, 5.74) is 8.71. The second-order valence-electron chi connectivity index (χ2n) is 12.3. The summed E-state index contributed by atoms with van der Waals surface area (Å²) in [7, 11) is 32.3. The minimum atomic E-state index is 0.195. The predicted molar refractivity (Wildman–Crippen MR) is 209 cm³/mol. The zero-order chi connectivity index (χ0) is 32.7. The van der Waals surface area contributed by atoms with E-state index < -0.39 is 0 Å².